The molecule has 8 aliphatic rings. The lowest BCUT2D eigenvalue weighted by Crippen LogP contribution is -2.68. The standard InChI is InChI=1S/C54H100N18O24/c55-7-21-33(75)37(79)27(63)49(85-21)91-43-19(61)5-17(59)31(73)47(43)95-53-41(83)45(93-51-29(65)39(81)35(77)23(9-57)87-51)25(89-53)13-71-11-15(67-69-71)3-1-2-4-16-12-72(70-68-16)14-26-46(94-52-30(66)40(82)36(78)24(10-58)88-52)42(84)54(90-26)96-48-32(74)18(60)6-20(62)44(48)92-50-28(64)38(80)34(76)22(8-56)86-50/h11-12,17-54,73-84H,1-10,13-14,55-66H2/t17-,18-,19?,20?,21?,22?,23+,24+,25-,26-,27?,28?,29?,30?,31?,32?,33?,34?,35?,36?,37-,38-,39?,40?,41+,42+,43?,44?,45?,46?,47-,48-,49+,50+,51-,52-,53+,54+/m1/s1. The van der Waals surface area contributed by atoms with E-state index in [0.717, 1.165) is 0 Å². The summed E-state index contributed by atoms with van der Waals surface area (Å²) in [6, 6.07) is -9.13. The molecule has 6 saturated heterocycles. The van der Waals surface area contributed by atoms with Gasteiger partial charge in [-0.3, -0.25) is 0 Å². The zero-order chi connectivity index (χ0) is 69.5. The molecule has 2 aromatic heterocycles. The summed E-state index contributed by atoms with van der Waals surface area (Å²) in [5.41, 5.74) is 75.2. The molecule has 10 rings (SSSR count). The second kappa shape index (κ2) is 32.4. The monoisotopic (exact) mass is 1380 g/mol. The van der Waals surface area contributed by atoms with Crippen LogP contribution in [0.1, 0.15) is 37.1 Å². The van der Waals surface area contributed by atoms with Gasteiger partial charge < -0.3 is 187 Å². The fourth-order valence-electron chi connectivity index (χ4n) is 13.6. The van der Waals surface area contributed by atoms with Gasteiger partial charge in [0, 0.05) is 62.7 Å². The molecule has 42 nitrogen and oxygen atoms in total. The van der Waals surface area contributed by atoms with Crippen LogP contribution in [0.25, 0.3) is 0 Å². The summed E-state index contributed by atoms with van der Waals surface area (Å²) >= 11 is 0. The minimum absolute atomic E-state index is 0.0202. The average molecular weight is 1390 g/mol. The number of hydrogen-bond donors (Lipinski definition) is 24. The van der Waals surface area contributed by atoms with Crippen molar-refractivity contribution in [3.63, 3.8) is 0 Å². The molecule has 96 heavy (non-hydrogen) atoms. The van der Waals surface area contributed by atoms with Crippen molar-refractivity contribution in [3.05, 3.63) is 23.8 Å². The van der Waals surface area contributed by atoms with Crippen LogP contribution in [0.2, 0.25) is 0 Å². The first kappa shape index (κ1) is 75.5. The Hall–Kier alpha value is -3.16. The first-order valence-corrected chi connectivity index (χ1v) is 32.3. The molecule has 0 amide bonds. The fourth-order valence-corrected chi connectivity index (χ4v) is 13.6. The van der Waals surface area contributed by atoms with Crippen LogP contribution in [0.5, 0.6) is 0 Å². The highest BCUT2D eigenvalue weighted by molar-refractivity contribution is 5.06. The number of unbranched alkanes of at least 4 members (excludes halogenated alkanes) is 1. The van der Waals surface area contributed by atoms with E-state index in [-0.39, 0.29) is 52.1 Å². The average Bonchev–Trinajstić information content (AvgIpc) is 1.51. The molecule has 8 fully saturated rings. The zero-order valence-electron chi connectivity index (χ0n) is 52.5. The van der Waals surface area contributed by atoms with Gasteiger partial charge in [0.2, 0.25) is 0 Å². The number of rotatable bonds is 25. The normalized spacial score (nSPS) is 48.8. The summed E-state index contributed by atoms with van der Waals surface area (Å²) in [5.74, 6) is 0. The fraction of sp³-hybridized carbons (Fsp3) is 0.926. The number of nitrogens with two attached hydrogens (primary N) is 12. The van der Waals surface area contributed by atoms with E-state index in [1.54, 1.807) is 12.4 Å². The van der Waals surface area contributed by atoms with Gasteiger partial charge in [0.15, 0.2) is 37.7 Å². The Kier molecular flexibility index (Phi) is 25.5. The van der Waals surface area contributed by atoms with Crippen molar-refractivity contribution in [3.8, 4) is 0 Å². The summed E-state index contributed by atoms with van der Waals surface area (Å²) in [6.07, 6.45) is -37.1. The predicted octanol–water partition coefficient (Wildman–Crippen LogP) is -16.3. The third-order valence-corrected chi connectivity index (χ3v) is 19.4. The largest absolute Gasteiger partial charge is 0.389 e. The minimum atomic E-state index is -1.70. The van der Waals surface area contributed by atoms with Crippen LogP contribution >= 0.6 is 0 Å². The first-order chi connectivity index (χ1) is 45.7. The lowest BCUT2D eigenvalue weighted by Gasteiger charge is -2.47. The molecular weight excluding hydrogens is 1280 g/mol. The maximum atomic E-state index is 12.0. The SMILES string of the molecule is NCC1O[C@@H](OC2C(N)C[C@@H](N)C(O)[C@H]2O[C@@H]2O[C@H](Cn3cc(CCCCc4cn(C[C@H]5O[C@@H](O[C@H]6C(O[C@@H]7OC(CN)C(O)[C@H](O)C7N)C(N)C[C@@H](N)C6O)[C@@H](O)C5O[C@H]5O[C@@H](CN)C(O)C(O)C5N)nn4)nn3)C(O[C@H]3O[C@@H](CN)C(O)C(O)C3N)[C@@H]2O)C(N)[C@@H](O)C1O. The number of aliphatic hydroxyl groups excluding tert-OH is 12. The number of ether oxygens (including phenoxy) is 12. The summed E-state index contributed by atoms with van der Waals surface area (Å²) < 4.78 is 76.5. The molecule has 38 atom stereocenters. The van der Waals surface area contributed by atoms with E-state index in [0.29, 0.717) is 37.1 Å². The Labute approximate surface area is 549 Å². The van der Waals surface area contributed by atoms with E-state index in [4.69, 9.17) is 126 Å². The van der Waals surface area contributed by atoms with Crippen LogP contribution < -0.4 is 68.8 Å². The second-order valence-corrected chi connectivity index (χ2v) is 26.2. The molecule has 0 aromatic carbocycles. The van der Waals surface area contributed by atoms with Gasteiger partial charge in [0.25, 0.3) is 0 Å². The Bertz CT molecular complexity index is 2550. The van der Waals surface area contributed by atoms with Gasteiger partial charge in [-0.25, -0.2) is 9.36 Å². The Morgan fingerprint density at radius 2 is 0.604 bits per heavy atom. The molecule has 550 valence electrons. The Morgan fingerprint density at radius 1 is 0.333 bits per heavy atom. The molecule has 0 radical (unpaired) electrons. The summed E-state index contributed by atoms with van der Waals surface area (Å²) in [6.45, 7) is -1.20. The molecule has 2 saturated carbocycles. The van der Waals surface area contributed by atoms with E-state index >= 15 is 0 Å². The third kappa shape index (κ3) is 16.0. The quantitative estimate of drug-likeness (QED) is 0.0411. The summed E-state index contributed by atoms with van der Waals surface area (Å²) in [4.78, 5) is 0. The second-order valence-electron chi connectivity index (χ2n) is 26.2. The molecule has 0 spiro atoms. The summed E-state index contributed by atoms with van der Waals surface area (Å²) in [7, 11) is 0. The van der Waals surface area contributed by atoms with Crippen molar-refractivity contribution >= 4 is 0 Å². The number of nitrogens with zero attached hydrogens (tertiary/aromatic N) is 6. The highest BCUT2D eigenvalue weighted by atomic mass is 16.8. The van der Waals surface area contributed by atoms with E-state index < -0.39 is 233 Å². The van der Waals surface area contributed by atoms with Crippen LogP contribution in [0.4, 0.5) is 0 Å². The molecule has 36 N–H and O–H groups in total. The topological polar surface area (TPSA) is 727 Å². The van der Waals surface area contributed by atoms with Crippen LogP contribution in [-0.4, -0.2) is 350 Å². The van der Waals surface area contributed by atoms with E-state index in [9.17, 15) is 61.3 Å². The highest BCUT2D eigenvalue weighted by Crippen LogP contribution is 2.38. The van der Waals surface area contributed by atoms with Crippen molar-refractivity contribution in [2.24, 2.45) is 68.8 Å². The van der Waals surface area contributed by atoms with Crippen LogP contribution in [-0.2, 0) is 82.8 Å². The highest BCUT2D eigenvalue weighted by Gasteiger charge is 2.58. The van der Waals surface area contributed by atoms with Crippen molar-refractivity contribution in [1.29, 1.82) is 0 Å². The van der Waals surface area contributed by atoms with Crippen LogP contribution in [0, 0.1) is 0 Å². The van der Waals surface area contributed by atoms with Gasteiger partial charge in [-0.15, -0.1) is 10.2 Å². The van der Waals surface area contributed by atoms with Crippen LogP contribution in [0.15, 0.2) is 12.4 Å². The van der Waals surface area contributed by atoms with E-state index in [2.05, 4.69) is 20.6 Å². The molecule has 2 aromatic rings. The first-order valence-electron chi connectivity index (χ1n) is 32.3. The van der Waals surface area contributed by atoms with Gasteiger partial charge in [0.05, 0.1) is 60.9 Å². The van der Waals surface area contributed by atoms with Gasteiger partial charge in [-0.2, -0.15) is 0 Å². The molecule has 42 heteroatoms. The zero-order valence-corrected chi connectivity index (χ0v) is 52.5. The van der Waals surface area contributed by atoms with Gasteiger partial charge in [-0.1, -0.05) is 10.4 Å². The van der Waals surface area contributed by atoms with Gasteiger partial charge >= 0.3 is 0 Å². The number of aliphatic hydroxyl groups is 12. The molecular formula is C54H100N18O24. The lowest BCUT2D eigenvalue weighted by atomic mass is 9.84. The van der Waals surface area contributed by atoms with Gasteiger partial charge in [0.1, 0.15) is 134 Å². The Morgan fingerprint density at radius 3 is 0.896 bits per heavy atom. The van der Waals surface area contributed by atoms with Crippen LogP contribution in [0.3, 0.4) is 0 Å². The van der Waals surface area contributed by atoms with Gasteiger partial charge in [-0.05, 0) is 38.5 Å². The molecule has 2 aliphatic carbocycles. The third-order valence-electron chi connectivity index (χ3n) is 19.4. The van der Waals surface area contributed by atoms with Crippen molar-refractivity contribution < 1.29 is 118 Å². The maximum absolute atomic E-state index is 12.0. The Balaban J connectivity index is 0.793. The lowest BCUT2D eigenvalue weighted by molar-refractivity contribution is -0.306. The molecule has 20 unspecified atom stereocenters. The number of aryl methyl sites for hydroxylation is 2. The van der Waals surface area contributed by atoms with E-state index in [1.807, 2.05) is 0 Å². The number of aromatic nitrogens is 6. The molecule has 6 aliphatic heterocycles. The number of hydrogen-bond acceptors (Lipinski definition) is 40. The maximum Gasteiger partial charge on any atom is 0.187 e. The van der Waals surface area contributed by atoms with Crippen molar-refractivity contribution in [2.75, 3.05) is 26.2 Å². The van der Waals surface area contributed by atoms with Crippen molar-refractivity contribution in [1.82, 2.24) is 30.0 Å². The minimum Gasteiger partial charge on any atom is -0.389 e. The predicted molar refractivity (Wildman–Crippen MR) is 319 cm³/mol. The van der Waals surface area contributed by atoms with E-state index in [1.165, 1.54) is 9.36 Å². The summed E-state index contributed by atoms with van der Waals surface area (Å²) in [5, 5.41) is 150. The molecule has 0 bridgehead atoms. The molecule has 8 heterocycles. The smallest absolute Gasteiger partial charge is 0.187 e. The van der Waals surface area contributed by atoms with Crippen molar-refractivity contribution in [2.45, 2.75) is 284 Å².